The second kappa shape index (κ2) is 4.87. The molecule has 3 rings (SSSR count). The Morgan fingerprint density at radius 1 is 1.05 bits per heavy atom. The highest BCUT2D eigenvalue weighted by atomic mass is 16.2. The Morgan fingerprint density at radius 3 is 2.27 bits per heavy atom. The Hall–Kier alpha value is -2.83. The highest BCUT2D eigenvalue weighted by Crippen LogP contribution is 2.24. The molecule has 0 aliphatic heterocycles. The molecule has 1 N–H and O–H groups in total. The van der Waals surface area contributed by atoms with Crippen LogP contribution in [0, 0.1) is 0 Å². The molecule has 0 aliphatic rings. The summed E-state index contributed by atoms with van der Waals surface area (Å²) in [5.74, 6) is 0. The van der Waals surface area contributed by atoms with Gasteiger partial charge in [0.2, 0.25) is 0 Å². The molecule has 114 valence electrons. The van der Waals surface area contributed by atoms with Crippen molar-refractivity contribution in [2.45, 2.75) is 0 Å². The van der Waals surface area contributed by atoms with Crippen LogP contribution in [0.1, 0.15) is 0 Å². The van der Waals surface area contributed by atoms with E-state index in [1.165, 1.54) is 11.6 Å². The number of anilines is 1. The molecule has 0 saturated heterocycles. The van der Waals surface area contributed by atoms with E-state index < -0.39 is 5.69 Å². The van der Waals surface area contributed by atoms with Crippen LogP contribution in [-0.4, -0.2) is 33.4 Å². The third kappa shape index (κ3) is 1.93. The Labute approximate surface area is 126 Å². The number of hydrogen-bond acceptors (Lipinski definition) is 4. The van der Waals surface area contributed by atoms with E-state index in [-0.39, 0.29) is 5.56 Å². The molecule has 2 heterocycles. The van der Waals surface area contributed by atoms with E-state index >= 15 is 0 Å². The molecule has 22 heavy (non-hydrogen) atoms. The average molecular weight is 299 g/mol. The standard InChI is InChI=1S/C15H17N5O2/c1-18(2)10-7-5-9(6-8-10)12-11-13(17-16-12)19(3)15(22)20(4)14(11)21/h5-8H,1-4H3,(H,16,17). The lowest BCUT2D eigenvalue weighted by Gasteiger charge is -2.12. The molecule has 0 radical (unpaired) electrons. The zero-order valence-corrected chi connectivity index (χ0v) is 12.9. The summed E-state index contributed by atoms with van der Waals surface area (Å²) in [6.45, 7) is 0. The summed E-state index contributed by atoms with van der Waals surface area (Å²) in [6.07, 6.45) is 0. The molecule has 0 fully saturated rings. The minimum absolute atomic E-state index is 0.349. The molecule has 0 unspecified atom stereocenters. The zero-order valence-electron chi connectivity index (χ0n) is 12.9. The predicted octanol–water partition coefficient (Wildman–Crippen LogP) is 0.693. The number of benzene rings is 1. The minimum atomic E-state index is -0.390. The van der Waals surface area contributed by atoms with Crippen LogP contribution in [0.15, 0.2) is 33.9 Å². The monoisotopic (exact) mass is 299 g/mol. The fraction of sp³-hybridized carbons (Fsp3) is 0.267. The minimum Gasteiger partial charge on any atom is -0.378 e. The molecular formula is C15H17N5O2. The van der Waals surface area contributed by atoms with E-state index in [1.54, 1.807) is 7.05 Å². The molecule has 0 bridgehead atoms. The van der Waals surface area contributed by atoms with Crippen LogP contribution in [0.2, 0.25) is 0 Å². The van der Waals surface area contributed by atoms with Gasteiger partial charge in [-0.05, 0) is 12.1 Å². The number of nitrogens with one attached hydrogen (secondary N) is 1. The Bertz CT molecular complexity index is 960. The van der Waals surface area contributed by atoms with Crippen molar-refractivity contribution in [3.05, 3.63) is 45.1 Å². The zero-order chi connectivity index (χ0) is 16.0. The normalized spacial score (nSPS) is 11.1. The number of fused-ring (bicyclic) bond motifs is 1. The number of aromatic nitrogens is 4. The Kier molecular flexibility index (Phi) is 3.13. The van der Waals surface area contributed by atoms with E-state index in [9.17, 15) is 9.59 Å². The van der Waals surface area contributed by atoms with Crippen LogP contribution >= 0.6 is 0 Å². The van der Waals surface area contributed by atoms with Gasteiger partial charge in [0, 0.05) is 39.4 Å². The molecule has 0 atom stereocenters. The lowest BCUT2D eigenvalue weighted by atomic mass is 10.1. The van der Waals surface area contributed by atoms with Crippen LogP contribution in [0.3, 0.4) is 0 Å². The summed E-state index contributed by atoms with van der Waals surface area (Å²) in [6, 6.07) is 7.78. The second-order valence-corrected chi connectivity index (χ2v) is 5.44. The molecular weight excluding hydrogens is 282 g/mol. The number of hydrogen-bond donors (Lipinski definition) is 1. The predicted molar refractivity (Wildman–Crippen MR) is 86.3 cm³/mol. The summed E-state index contributed by atoms with van der Waals surface area (Å²) in [5, 5.41) is 7.43. The molecule has 0 saturated carbocycles. The maximum Gasteiger partial charge on any atom is 0.332 e. The van der Waals surface area contributed by atoms with Gasteiger partial charge in [-0.3, -0.25) is 19.0 Å². The topological polar surface area (TPSA) is 75.9 Å². The van der Waals surface area contributed by atoms with E-state index in [0.717, 1.165) is 15.8 Å². The summed E-state index contributed by atoms with van der Waals surface area (Å²) in [7, 11) is 7.00. The van der Waals surface area contributed by atoms with E-state index in [0.29, 0.717) is 16.7 Å². The van der Waals surface area contributed by atoms with Gasteiger partial charge in [0.15, 0.2) is 5.65 Å². The quantitative estimate of drug-likeness (QED) is 0.755. The second-order valence-electron chi connectivity index (χ2n) is 5.44. The van der Waals surface area contributed by atoms with Crippen LogP contribution in [0.4, 0.5) is 5.69 Å². The Morgan fingerprint density at radius 2 is 1.68 bits per heavy atom. The van der Waals surface area contributed by atoms with Crippen molar-refractivity contribution in [2.75, 3.05) is 19.0 Å². The van der Waals surface area contributed by atoms with Gasteiger partial charge in [-0.2, -0.15) is 5.10 Å². The van der Waals surface area contributed by atoms with Gasteiger partial charge in [-0.1, -0.05) is 12.1 Å². The first kappa shape index (κ1) is 14.1. The summed E-state index contributed by atoms with van der Waals surface area (Å²) >= 11 is 0. The smallest absolute Gasteiger partial charge is 0.332 e. The van der Waals surface area contributed by atoms with Gasteiger partial charge in [0.1, 0.15) is 5.39 Å². The van der Waals surface area contributed by atoms with Crippen LogP contribution in [0.5, 0.6) is 0 Å². The number of aryl methyl sites for hydroxylation is 1. The summed E-state index contributed by atoms with van der Waals surface area (Å²) in [4.78, 5) is 26.3. The number of H-pyrrole nitrogens is 1. The van der Waals surface area contributed by atoms with Gasteiger partial charge in [0.25, 0.3) is 5.56 Å². The highest BCUT2D eigenvalue weighted by molar-refractivity contribution is 5.90. The van der Waals surface area contributed by atoms with Crippen molar-refractivity contribution in [1.82, 2.24) is 19.3 Å². The number of aromatic amines is 1. The molecule has 1 aromatic carbocycles. The number of nitrogens with zero attached hydrogens (tertiary/aromatic N) is 4. The van der Waals surface area contributed by atoms with Crippen LogP contribution in [-0.2, 0) is 14.1 Å². The van der Waals surface area contributed by atoms with Gasteiger partial charge < -0.3 is 4.90 Å². The molecule has 2 aromatic heterocycles. The SMILES string of the molecule is CN(C)c1ccc(-c2[nH]nc3c2c(=O)n(C)c(=O)n3C)cc1. The third-order valence-electron chi connectivity index (χ3n) is 3.83. The third-order valence-corrected chi connectivity index (χ3v) is 3.83. The van der Waals surface area contributed by atoms with Crippen molar-refractivity contribution < 1.29 is 0 Å². The molecule has 3 aromatic rings. The molecule has 0 spiro atoms. The van der Waals surface area contributed by atoms with E-state index in [4.69, 9.17) is 0 Å². The lowest BCUT2D eigenvalue weighted by molar-refractivity contribution is 0.708. The first-order valence-electron chi connectivity index (χ1n) is 6.83. The molecule has 7 heteroatoms. The molecule has 7 nitrogen and oxygen atoms in total. The van der Waals surface area contributed by atoms with Gasteiger partial charge in [0.05, 0.1) is 5.69 Å². The van der Waals surface area contributed by atoms with Gasteiger partial charge in [-0.15, -0.1) is 0 Å². The van der Waals surface area contributed by atoms with Crippen molar-refractivity contribution in [3.8, 4) is 11.3 Å². The van der Waals surface area contributed by atoms with Crippen molar-refractivity contribution in [1.29, 1.82) is 0 Å². The summed E-state index contributed by atoms with van der Waals surface area (Å²) in [5.41, 5.74) is 2.16. The maximum absolute atomic E-state index is 12.4. The van der Waals surface area contributed by atoms with Crippen LogP contribution < -0.4 is 16.1 Å². The summed E-state index contributed by atoms with van der Waals surface area (Å²) < 4.78 is 2.46. The maximum atomic E-state index is 12.4. The van der Waals surface area contributed by atoms with Gasteiger partial charge in [-0.25, -0.2) is 4.79 Å². The Balaban J connectivity index is 2.29. The molecule has 0 aliphatic carbocycles. The van der Waals surface area contributed by atoms with Crippen molar-refractivity contribution in [3.63, 3.8) is 0 Å². The first-order valence-corrected chi connectivity index (χ1v) is 6.83. The first-order chi connectivity index (χ1) is 10.4. The lowest BCUT2D eigenvalue weighted by Crippen LogP contribution is -2.36. The van der Waals surface area contributed by atoms with Crippen molar-refractivity contribution >= 4 is 16.7 Å². The van der Waals surface area contributed by atoms with Crippen molar-refractivity contribution in [2.24, 2.45) is 14.1 Å². The van der Waals surface area contributed by atoms with E-state index in [1.807, 2.05) is 43.3 Å². The molecule has 0 amide bonds. The fourth-order valence-electron chi connectivity index (χ4n) is 2.48. The highest BCUT2D eigenvalue weighted by Gasteiger charge is 2.16. The fourth-order valence-corrected chi connectivity index (χ4v) is 2.48. The largest absolute Gasteiger partial charge is 0.378 e. The van der Waals surface area contributed by atoms with Crippen LogP contribution in [0.25, 0.3) is 22.3 Å². The van der Waals surface area contributed by atoms with Gasteiger partial charge >= 0.3 is 5.69 Å². The average Bonchev–Trinajstić information content (AvgIpc) is 2.96. The van der Waals surface area contributed by atoms with E-state index in [2.05, 4.69) is 10.2 Å². The number of rotatable bonds is 2.